The summed E-state index contributed by atoms with van der Waals surface area (Å²) in [6, 6.07) is 39.3. The first-order valence-electron chi connectivity index (χ1n) is 18.8. The zero-order valence-electron chi connectivity index (χ0n) is 32.8. The van der Waals surface area contributed by atoms with Gasteiger partial charge in [0.2, 0.25) is 0 Å². The maximum atomic E-state index is 6.62. The Bertz CT molecular complexity index is 2330. The minimum absolute atomic E-state index is 0.000260. The van der Waals surface area contributed by atoms with E-state index in [9.17, 15) is 0 Å². The molecule has 6 aromatic rings. The van der Waals surface area contributed by atoms with Crippen LogP contribution in [0.25, 0.3) is 0 Å². The summed E-state index contributed by atoms with van der Waals surface area (Å²) in [5.74, 6) is 2.21. The van der Waals surface area contributed by atoms with Crippen LogP contribution in [-0.4, -0.2) is 37.6 Å². The smallest absolute Gasteiger partial charge is 0.0131 e. The molecule has 2 aliphatic rings. The van der Waals surface area contributed by atoms with Gasteiger partial charge in [-0.15, -0.1) is 0 Å². The second-order valence-electron chi connectivity index (χ2n) is 17.4. The summed E-state index contributed by atoms with van der Waals surface area (Å²) in [6.07, 6.45) is 3.94. The van der Waals surface area contributed by atoms with Crippen LogP contribution in [0.3, 0.4) is 0 Å². The van der Waals surface area contributed by atoms with E-state index in [4.69, 9.17) is 14.7 Å². The number of ether oxygens (including phenoxy) is 1. The summed E-state index contributed by atoms with van der Waals surface area (Å²) >= 11 is -0.648. The van der Waals surface area contributed by atoms with Crippen molar-refractivity contribution in [2.24, 2.45) is 0 Å². The molecule has 7 heteroatoms. The van der Waals surface area contributed by atoms with Crippen molar-refractivity contribution in [3.8, 4) is 11.6 Å². The minimum Gasteiger partial charge on any atom is -0.0561 e. The molecule has 2 aliphatic heterocycles. The summed E-state index contributed by atoms with van der Waals surface area (Å²) in [6.45, 7) is 21.2. The molecule has 0 N–H and O–H groups in total. The van der Waals surface area contributed by atoms with E-state index in [1.165, 1.54) is 46.7 Å². The Morgan fingerprint density at radius 3 is 1.83 bits per heavy atom. The maximum Gasteiger partial charge on any atom is -0.0131 e. The summed E-state index contributed by atoms with van der Waals surface area (Å²) < 4.78 is 9.26. The first-order chi connectivity index (χ1) is 25.6. The number of pyridine rings is 2. The summed E-state index contributed by atoms with van der Waals surface area (Å²) in [5.41, 5.74) is 10.9. The number of hydrogen-bond donors (Lipinski definition) is 0. The largest absolute Gasteiger partial charge is 0.0561 e. The van der Waals surface area contributed by atoms with Crippen molar-refractivity contribution in [3.05, 3.63) is 138 Å². The second-order valence-corrected chi connectivity index (χ2v) is 20.5. The van der Waals surface area contributed by atoms with Crippen molar-refractivity contribution in [2.75, 3.05) is 21.4 Å². The van der Waals surface area contributed by atoms with E-state index in [0.29, 0.717) is 12.5 Å². The zero-order valence-corrected chi connectivity index (χ0v) is 35.1. The number of fused-ring (bicyclic) bond motifs is 3. The van der Waals surface area contributed by atoms with Crippen molar-refractivity contribution < 1.29 is 4.74 Å². The number of aromatic nitrogens is 2. The standard InChI is InChI=1S/C47H49N5OTe/c1-45(2,3)31-21-22-48-43(26-31)52-39-19-12-13-20-41(39)54-42-29-49-44(28-40(42)52)53-36-16-14-15-34(27-36)50-30-51(38-18-11-10-17-37(38)50)35-24-32(46(4,5)6)23-33(25-35)47(7,8)9/h10-29H,30H2,1-9H3. The normalized spacial score (nSPS) is 14.1. The van der Waals surface area contributed by atoms with Crippen molar-refractivity contribution in [1.29, 1.82) is 0 Å². The Kier molecular flexibility index (Phi) is 9.03. The van der Waals surface area contributed by atoms with Gasteiger partial charge in [-0.3, -0.25) is 0 Å². The van der Waals surface area contributed by atoms with Crippen molar-refractivity contribution in [1.82, 2.24) is 9.97 Å². The van der Waals surface area contributed by atoms with Gasteiger partial charge >= 0.3 is 245 Å². The molecular formula is C47H49N5OTe. The maximum absolute atomic E-state index is 6.62. The fraction of sp³-hybridized carbons (Fsp3) is 0.277. The van der Waals surface area contributed by atoms with Crippen LogP contribution in [0.1, 0.15) is 79.0 Å². The summed E-state index contributed by atoms with van der Waals surface area (Å²) in [5, 5.41) is 0. The van der Waals surface area contributed by atoms with E-state index >= 15 is 0 Å². The van der Waals surface area contributed by atoms with Crippen molar-refractivity contribution >= 4 is 68.1 Å². The van der Waals surface area contributed by atoms with Gasteiger partial charge in [-0.1, -0.05) is 53.7 Å². The number of nitrogens with zero attached hydrogens (tertiary/aromatic N) is 5. The molecule has 54 heavy (non-hydrogen) atoms. The molecule has 8 rings (SSSR count). The average molecular weight is 828 g/mol. The predicted octanol–water partition coefficient (Wildman–Crippen LogP) is 10.8. The van der Waals surface area contributed by atoms with E-state index in [2.05, 4.69) is 180 Å². The van der Waals surface area contributed by atoms with Crippen LogP contribution in [0.5, 0.6) is 11.6 Å². The Labute approximate surface area is 330 Å². The van der Waals surface area contributed by atoms with E-state index in [-0.39, 0.29) is 16.2 Å². The molecule has 0 radical (unpaired) electrons. The van der Waals surface area contributed by atoms with Gasteiger partial charge in [0.25, 0.3) is 0 Å². The van der Waals surface area contributed by atoms with Crippen LogP contribution >= 0.6 is 0 Å². The number of hydrogen-bond acceptors (Lipinski definition) is 6. The molecule has 0 unspecified atom stereocenters. The fourth-order valence-corrected chi connectivity index (χ4v) is 9.95. The van der Waals surface area contributed by atoms with Crippen LogP contribution in [0, 0.1) is 0 Å². The van der Waals surface area contributed by atoms with Gasteiger partial charge in [0.15, 0.2) is 0 Å². The van der Waals surface area contributed by atoms with Crippen LogP contribution in [0.15, 0.2) is 122 Å². The van der Waals surface area contributed by atoms with Crippen LogP contribution in [0.4, 0.5) is 39.9 Å². The fourth-order valence-electron chi connectivity index (χ4n) is 7.08. The zero-order chi connectivity index (χ0) is 38.0. The van der Waals surface area contributed by atoms with Gasteiger partial charge in [-0.2, -0.15) is 0 Å². The first-order valence-corrected chi connectivity index (χ1v) is 21.1. The number of anilines is 7. The SMILES string of the molecule is CC(C)(C)c1cc(N2CN(c3cccc(Oc4cc5c(cn4)[Te]c4ccccc4N5c4cc(C(C)(C)C)ccn4)c3)c3ccccc32)cc(C(C)(C)C)c1. The van der Waals surface area contributed by atoms with Gasteiger partial charge in [0.05, 0.1) is 0 Å². The third kappa shape index (κ3) is 6.96. The van der Waals surface area contributed by atoms with Crippen molar-refractivity contribution in [3.63, 3.8) is 0 Å². The molecule has 0 bridgehead atoms. The Morgan fingerprint density at radius 1 is 0.537 bits per heavy atom. The summed E-state index contributed by atoms with van der Waals surface area (Å²) in [4.78, 5) is 16.9. The van der Waals surface area contributed by atoms with Gasteiger partial charge < -0.3 is 0 Å². The molecule has 0 saturated heterocycles. The molecule has 4 aromatic carbocycles. The Morgan fingerprint density at radius 2 is 1.17 bits per heavy atom. The molecule has 0 fully saturated rings. The topological polar surface area (TPSA) is 44.7 Å². The van der Waals surface area contributed by atoms with E-state index in [0.717, 1.165) is 22.9 Å². The minimum atomic E-state index is -0.648. The van der Waals surface area contributed by atoms with E-state index in [1.54, 1.807) is 0 Å². The van der Waals surface area contributed by atoms with Gasteiger partial charge in [0, 0.05) is 0 Å². The molecule has 0 spiro atoms. The Balaban J connectivity index is 1.13. The molecule has 274 valence electrons. The van der Waals surface area contributed by atoms with Crippen molar-refractivity contribution in [2.45, 2.75) is 78.6 Å². The van der Waals surface area contributed by atoms with E-state index in [1.807, 2.05) is 18.5 Å². The first kappa shape index (κ1) is 36.2. The summed E-state index contributed by atoms with van der Waals surface area (Å²) in [7, 11) is 0. The van der Waals surface area contributed by atoms with Gasteiger partial charge in [-0.05, 0) is 34.1 Å². The van der Waals surface area contributed by atoms with Gasteiger partial charge in [-0.25, -0.2) is 0 Å². The molecule has 6 nitrogen and oxygen atoms in total. The molecular weight excluding hydrogens is 778 g/mol. The van der Waals surface area contributed by atoms with Crippen LogP contribution in [-0.2, 0) is 16.2 Å². The number of benzene rings is 4. The van der Waals surface area contributed by atoms with Crippen LogP contribution in [0.2, 0.25) is 0 Å². The number of rotatable bonds is 5. The molecule has 0 amide bonds. The Hall–Kier alpha value is -4.83. The predicted molar refractivity (Wildman–Crippen MR) is 226 cm³/mol. The van der Waals surface area contributed by atoms with Crippen LogP contribution < -0.4 is 26.7 Å². The van der Waals surface area contributed by atoms with Gasteiger partial charge in [0.1, 0.15) is 0 Å². The quantitative estimate of drug-likeness (QED) is 0.161. The molecule has 0 saturated carbocycles. The second kappa shape index (κ2) is 13.5. The third-order valence-corrected chi connectivity index (χ3v) is 13.4. The monoisotopic (exact) mass is 829 g/mol. The third-order valence-electron chi connectivity index (χ3n) is 10.3. The molecule has 4 heterocycles. The molecule has 0 aliphatic carbocycles. The molecule has 2 aromatic heterocycles. The number of para-hydroxylation sites is 3. The average Bonchev–Trinajstić information content (AvgIpc) is 3.53. The molecule has 0 atom stereocenters. The van der Waals surface area contributed by atoms with E-state index < -0.39 is 20.9 Å².